The van der Waals surface area contributed by atoms with Crippen LogP contribution in [0.5, 0.6) is 0 Å². The summed E-state index contributed by atoms with van der Waals surface area (Å²) in [4.78, 5) is 8.98. The van der Waals surface area contributed by atoms with Gasteiger partial charge in [0, 0.05) is 18.5 Å². The van der Waals surface area contributed by atoms with Crippen LogP contribution in [0.1, 0.15) is 51.8 Å². The van der Waals surface area contributed by atoms with E-state index in [1.54, 1.807) is 0 Å². The van der Waals surface area contributed by atoms with Gasteiger partial charge >= 0.3 is 0 Å². The first-order valence-electron chi connectivity index (χ1n) is 7.01. The number of nitrogens with zero attached hydrogens (tertiary/aromatic N) is 2. The summed E-state index contributed by atoms with van der Waals surface area (Å²) in [5.74, 6) is 2.84. The van der Waals surface area contributed by atoms with Crippen molar-refractivity contribution in [3.05, 3.63) is 16.5 Å². The average molecular weight is 312 g/mol. The molecule has 1 saturated carbocycles. The van der Waals surface area contributed by atoms with E-state index in [4.69, 9.17) is 0 Å². The number of rotatable bonds is 7. The quantitative estimate of drug-likeness (QED) is 0.767. The summed E-state index contributed by atoms with van der Waals surface area (Å²) in [6.45, 7) is 4.39. The molecule has 1 aromatic rings. The Morgan fingerprint density at radius 2 is 2.17 bits per heavy atom. The zero-order valence-electron chi connectivity index (χ0n) is 11.2. The maximum Gasteiger partial charge on any atom is 0.132 e. The molecule has 1 aromatic heterocycles. The van der Waals surface area contributed by atoms with E-state index in [1.807, 2.05) is 6.07 Å². The fraction of sp³-hybridized carbons (Fsp3) is 0.714. The number of halogens is 1. The number of aromatic nitrogens is 2. The van der Waals surface area contributed by atoms with Crippen molar-refractivity contribution in [3.63, 3.8) is 0 Å². The highest BCUT2D eigenvalue weighted by molar-refractivity contribution is 9.10. The van der Waals surface area contributed by atoms with Gasteiger partial charge in [-0.1, -0.05) is 26.7 Å². The normalized spacial score (nSPS) is 16.6. The molecule has 0 aromatic carbocycles. The third-order valence-corrected chi connectivity index (χ3v) is 3.78. The first-order chi connectivity index (χ1) is 8.71. The molecule has 1 aliphatic rings. The SMILES string of the molecule is CCCc1nc(Br)cc(NC(CC)CC2CC2)n1. The Balaban J connectivity index is 2.01. The molecule has 3 nitrogen and oxygen atoms in total. The Kier molecular flexibility index (Phi) is 4.98. The molecule has 0 amide bonds. The Hall–Kier alpha value is -0.640. The third kappa shape index (κ3) is 4.23. The molecule has 2 rings (SSSR count). The molecule has 0 saturated heterocycles. The number of hydrogen-bond acceptors (Lipinski definition) is 3. The van der Waals surface area contributed by atoms with Crippen LogP contribution in [0, 0.1) is 5.92 Å². The van der Waals surface area contributed by atoms with Crippen molar-refractivity contribution in [2.24, 2.45) is 5.92 Å². The molecule has 0 spiro atoms. The van der Waals surface area contributed by atoms with Gasteiger partial charge in [-0.25, -0.2) is 9.97 Å². The molecule has 1 N–H and O–H groups in total. The van der Waals surface area contributed by atoms with Gasteiger partial charge in [0.1, 0.15) is 16.2 Å². The minimum absolute atomic E-state index is 0.550. The van der Waals surface area contributed by atoms with Crippen LogP contribution in [0.4, 0.5) is 5.82 Å². The van der Waals surface area contributed by atoms with Crippen molar-refractivity contribution < 1.29 is 0 Å². The van der Waals surface area contributed by atoms with E-state index in [1.165, 1.54) is 19.3 Å². The molecule has 1 atom stereocenters. The second-order valence-corrected chi connectivity index (χ2v) is 5.98. The molecular weight excluding hydrogens is 290 g/mol. The highest BCUT2D eigenvalue weighted by Crippen LogP contribution is 2.34. The van der Waals surface area contributed by atoms with Crippen LogP contribution >= 0.6 is 15.9 Å². The van der Waals surface area contributed by atoms with E-state index in [0.29, 0.717) is 6.04 Å². The number of anilines is 1. The van der Waals surface area contributed by atoms with Crippen molar-refractivity contribution in [2.45, 2.75) is 58.4 Å². The summed E-state index contributed by atoms with van der Waals surface area (Å²) in [6.07, 6.45) is 7.27. The molecule has 1 aliphatic carbocycles. The lowest BCUT2D eigenvalue weighted by Crippen LogP contribution is -2.20. The summed E-state index contributed by atoms with van der Waals surface area (Å²) in [6, 6.07) is 2.53. The number of aryl methyl sites for hydroxylation is 1. The second-order valence-electron chi connectivity index (χ2n) is 5.17. The molecule has 100 valence electrons. The standard InChI is InChI=1S/C14H22BrN3/c1-3-5-13-17-12(15)9-14(18-13)16-11(4-2)8-10-6-7-10/h9-11H,3-8H2,1-2H3,(H,16,17,18). The monoisotopic (exact) mass is 311 g/mol. The van der Waals surface area contributed by atoms with Gasteiger partial charge in [-0.2, -0.15) is 0 Å². The van der Waals surface area contributed by atoms with Crippen molar-refractivity contribution in [1.29, 1.82) is 0 Å². The minimum atomic E-state index is 0.550. The number of nitrogens with one attached hydrogen (secondary N) is 1. The van der Waals surface area contributed by atoms with Crippen LogP contribution in [-0.4, -0.2) is 16.0 Å². The summed E-state index contributed by atoms with van der Waals surface area (Å²) in [5.41, 5.74) is 0. The lowest BCUT2D eigenvalue weighted by molar-refractivity contribution is 0.584. The van der Waals surface area contributed by atoms with Crippen LogP contribution < -0.4 is 5.32 Å². The third-order valence-electron chi connectivity index (χ3n) is 3.37. The van der Waals surface area contributed by atoms with Gasteiger partial charge < -0.3 is 5.32 Å². The van der Waals surface area contributed by atoms with Gasteiger partial charge in [0.25, 0.3) is 0 Å². The summed E-state index contributed by atoms with van der Waals surface area (Å²) in [5, 5.41) is 3.56. The maximum absolute atomic E-state index is 4.59. The summed E-state index contributed by atoms with van der Waals surface area (Å²) < 4.78 is 0.879. The predicted octanol–water partition coefficient (Wildman–Crippen LogP) is 4.18. The van der Waals surface area contributed by atoms with Crippen LogP contribution in [-0.2, 0) is 6.42 Å². The molecule has 4 heteroatoms. The zero-order chi connectivity index (χ0) is 13.0. The first kappa shape index (κ1) is 13.8. The van der Waals surface area contributed by atoms with E-state index < -0.39 is 0 Å². The molecular formula is C14H22BrN3. The van der Waals surface area contributed by atoms with Crippen molar-refractivity contribution >= 4 is 21.7 Å². The van der Waals surface area contributed by atoms with Crippen LogP contribution in [0.2, 0.25) is 0 Å². The van der Waals surface area contributed by atoms with Crippen molar-refractivity contribution in [3.8, 4) is 0 Å². The van der Waals surface area contributed by atoms with Gasteiger partial charge in [-0.15, -0.1) is 0 Å². The van der Waals surface area contributed by atoms with Crippen LogP contribution in [0.15, 0.2) is 10.7 Å². The summed E-state index contributed by atoms with van der Waals surface area (Å²) >= 11 is 3.47. The van der Waals surface area contributed by atoms with E-state index in [-0.39, 0.29) is 0 Å². The largest absolute Gasteiger partial charge is 0.367 e. The fourth-order valence-corrected chi connectivity index (χ4v) is 2.59. The van der Waals surface area contributed by atoms with Crippen LogP contribution in [0.25, 0.3) is 0 Å². The maximum atomic E-state index is 4.59. The molecule has 0 radical (unpaired) electrons. The van der Waals surface area contributed by atoms with Crippen molar-refractivity contribution in [1.82, 2.24) is 9.97 Å². The van der Waals surface area contributed by atoms with Gasteiger partial charge in [0.05, 0.1) is 0 Å². The van der Waals surface area contributed by atoms with Gasteiger partial charge in [-0.05, 0) is 41.1 Å². The topological polar surface area (TPSA) is 37.8 Å². The Labute approximate surface area is 118 Å². The highest BCUT2D eigenvalue weighted by atomic mass is 79.9. The molecule has 18 heavy (non-hydrogen) atoms. The highest BCUT2D eigenvalue weighted by Gasteiger charge is 2.24. The lowest BCUT2D eigenvalue weighted by Gasteiger charge is -2.17. The van der Waals surface area contributed by atoms with Gasteiger partial charge in [0.2, 0.25) is 0 Å². The Morgan fingerprint density at radius 3 is 2.78 bits per heavy atom. The average Bonchev–Trinajstić information content (AvgIpc) is 3.12. The van der Waals surface area contributed by atoms with Crippen molar-refractivity contribution in [2.75, 3.05) is 5.32 Å². The molecule has 0 aliphatic heterocycles. The second kappa shape index (κ2) is 6.50. The Morgan fingerprint density at radius 1 is 1.39 bits per heavy atom. The molecule has 1 heterocycles. The number of hydrogen-bond donors (Lipinski definition) is 1. The van der Waals surface area contributed by atoms with E-state index in [0.717, 1.165) is 41.4 Å². The van der Waals surface area contributed by atoms with E-state index in [2.05, 4.69) is 45.1 Å². The van der Waals surface area contributed by atoms with Crippen LogP contribution in [0.3, 0.4) is 0 Å². The smallest absolute Gasteiger partial charge is 0.132 e. The minimum Gasteiger partial charge on any atom is -0.367 e. The molecule has 0 bridgehead atoms. The fourth-order valence-electron chi connectivity index (χ4n) is 2.17. The van der Waals surface area contributed by atoms with E-state index >= 15 is 0 Å². The molecule has 1 unspecified atom stereocenters. The summed E-state index contributed by atoms with van der Waals surface area (Å²) in [7, 11) is 0. The van der Waals surface area contributed by atoms with E-state index in [9.17, 15) is 0 Å². The van der Waals surface area contributed by atoms with Gasteiger partial charge in [-0.3, -0.25) is 0 Å². The first-order valence-corrected chi connectivity index (χ1v) is 7.80. The predicted molar refractivity (Wildman–Crippen MR) is 78.8 cm³/mol. The van der Waals surface area contributed by atoms with Gasteiger partial charge in [0.15, 0.2) is 0 Å². The Bertz CT molecular complexity index is 391. The lowest BCUT2D eigenvalue weighted by atomic mass is 10.1. The molecule has 1 fully saturated rings. The zero-order valence-corrected chi connectivity index (χ0v) is 12.8.